The number of anilines is 1. The van der Waals surface area contributed by atoms with Crippen molar-refractivity contribution in [1.82, 2.24) is 15.0 Å². The maximum absolute atomic E-state index is 12.8. The first-order valence-electron chi connectivity index (χ1n) is 9.06. The number of aromatic carboxylic acids is 1. The van der Waals surface area contributed by atoms with E-state index in [0.29, 0.717) is 11.4 Å². The van der Waals surface area contributed by atoms with E-state index in [9.17, 15) is 14.7 Å². The van der Waals surface area contributed by atoms with Crippen LogP contribution in [0.25, 0.3) is 22.5 Å². The Hall–Kier alpha value is -3.39. The molecule has 0 aliphatic rings. The average Bonchev–Trinajstić information content (AvgIpc) is 2.80. The Morgan fingerprint density at radius 3 is 2.26 bits per heavy atom. The normalized spacial score (nSPS) is 10.1. The SMILES string of the molecule is O=C(Nc1cc(-c2ccccc2)ccc1C(=O)[O-])c1cncc(-c2ncccn2)c1.[Na+]. The van der Waals surface area contributed by atoms with E-state index >= 15 is 0 Å². The van der Waals surface area contributed by atoms with Crippen molar-refractivity contribution in [3.8, 4) is 22.5 Å². The molecule has 0 atom stereocenters. The van der Waals surface area contributed by atoms with Crippen molar-refractivity contribution in [3.05, 3.63) is 96.6 Å². The van der Waals surface area contributed by atoms with Gasteiger partial charge in [0.25, 0.3) is 5.91 Å². The molecule has 7 nitrogen and oxygen atoms in total. The van der Waals surface area contributed by atoms with Crippen LogP contribution in [0.15, 0.2) is 85.5 Å². The van der Waals surface area contributed by atoms with E-state index in [1.54, 1.807) is 42.9 Å². The second kappa shape index (κ2) is 10.1. The number of pyridine rings is 1. The first-order valence-corrected chi connectivity index (χ1v) is 9.06. The quantitative estimate of drug-likeness (QED) is 0.451. The number of carbonyl (C=O) groups is 2. The molecule has 2 aromatic heterocycles. The second-order valence-electron chi connectivity index (χ2n) is 6.40. The molecule has 1 N–H and O–H groups in total. The van der Waals surface area contributed by atoms with E-state index in [2.05, 4.69) is 20.3 Å². The topological polar surface area (TPSA) is 108 Å². The van der Waals surface area contributed by atoms with Crippen LogP contribution in [0, 0.1) is 0 Å². The fourth-order valence-corrected chi connectivity index (χ4v) is 2.96. The molecule has 4 rings (SSSR count). The standard InChI is InChI=1S/C23H16N4O3.Na/c28-22(18-11-17(13-24-14-18)21-25-9-4-10-26-21)27-20-12-16(7-8-19(20)23(29)30)15-5-2-1-3-6-15;/h1-14H,(H,27,28)(H,29,30);/q;+1/p-1. The molecule has 0 bridgehead atoms. The number of nitrogens with zero attached hydrogens (tertiary/aromatic N) is 3. The van der Waals surface area contributed by atoms with Crippen LogP contribution in [0.1, 0.15) is 20.7 Å². The summed E-state index contributed by atoms with van der Waals surface area (Å²) >= 11 is 0. The molecule has 2 aromatic carbocycles. The van der Waals surface area contributed by atoms with E-state index < -0.39 is 11.9 Å². The number of nitrogens with one attached hydrogen (secondary N) is 1. The van der Waals surface area contributed by atoms with E-state index in [1.807, 2.05) is 30.3 Å². The van der Waals surface area contributed by atoms with Gasteiger partial charge in [-0.05, 0) is 29.3 Å². The Kier molecular flexibility index (Phi) is 7.25. The molecule has 4 aromatic rings. The molecule has 0 radical (unpaired) electrons. The van der Waals surface area contributed by atoms with Gasteiger partial charge in [-0.3, -0.25) is 9.78 Å². The van der Waals surface area contributed by atoms with Crippen molar-refractivity contribution in [3.63, 3.8) is 0 Å². The largest absolute Gasteiger partial charge is 1.00 e. The zero-order valence-corrected chi connectivity index (χ0v) is 18.6. The third-order valence-corrected chi connectivity index (χ3v) is 4.42. The van der Waals surface area contributed by atoms with E-state index in [1.165, 1.54) is 12.3 Å². The molecular formula is C23H15N4NaO3. The molecule has 0 aliphatic carbocycles. The van der Waals surface area contributed by atoms with Crippen LogP contribution in [-0.2, 0) is 0 Å². The number of carbonyl (C=O) groups excluding carboxylic acids is 2. The number of rotatable bonds is 5. The minimum absolute atomic E-state index is 0. The van der Waals surface area contributed by atoms with Crippen molar-refractivity contribution < 1.29 is 44.3 Å². The predicted octanol–water partition coefficient (Wildman–Crippen LogP) is -0.175. The molecule has 0 spiro atoms. The summed E-state index contributed by atoms with van der Waals surface area (Å²) in [6, 6.07) is 17.4. The number of carboxylic acids is 1. The average molecular weight is 418 g/mol. The van der Waals surface area contributed by atoms with Gasteiger partial charge in [-0.1, -0.05) is 42.5 Å². The maximum atomic E-state index is 12.8. The van der Waals surface area contributed by atoms with Crippen molar-refractivity contribution in [2.24, 2.45) is 0 Å². The van der Waals surface area contributed by atoms with Gasteiger partial charge in [0.2, 0.25) is 0 Å². The molecule has 1 amide bonds. The Balaban J connectivity index is 0.00000272. The Bertz CT molecular complexity index is 1220. The van der Waals surface area contributed by atoms with Crippen LogP contribution in [0.3, 0.4) is 0 Å². The summed E-state index contributed by atoms with van der Waals surface area (Å²) in [6.07, 6.45) is 6.13. The summed E-state index contributed by atoms with van der Waals surface area (Å²) in [6.45, 7) is 0. The van der Waals surface area contributed by atoms with E-state index in [-0.39, 0.29) is 46.4 Å². The molecule has 2 heterocycles. The molecule has 0 saturated carbocycles. The summed E-state index contributed by atoms with van der Waals surface area (Å²) in [5, 5.41) is 14.2. The summed E-state index contributed by atoms with van der Waals surface area (Å²) in [5.74, 6) is -1.45. The predicted molar refractivity (Wildman–Crippen MR) is 109 cm³/mol. The van der Waals surface area contributed by atoms with Crippen LogP contribution < -0.4 is 40.0 Å². The number of carboxylic acid groups (broad SMARTS) is 1. The minimum Gasteiger partial charge on any atom is -0.545 e. The summed E-state index contributed by atoms with van der Waals surface area (Å²) < 4.78 is 0. The molecule has 0 saturated heterocycles. The zero-order chi connectivity index (χ0) is 20.9. The van der Waals surface area contributed by atoms with Gasteiger partial charge in [-0.2, -0.15) is 0 Å². The van der Waals surface area contributed by atoms with E-state index in [0.717, 1.165) is 11.1 Å². The van der Waals surface area contributed by atoms with Gasteiger partial charge in [0, 0.05) is 35.9 Å². The maximum Gasteiger partial charge on any atom is 1.00 e. The fourth-order valence-electron chi connectivity index (χ4n) is 2.96. The number of amides is 1. The van der Waals surface area contributed by atoms with Crippen LogP contribution in [0.5, 0.6) is 0 Å². The fraction of sp³-hybridized carbons (Fsp3) is 0. The number of hydrogen-bond donors (Lipinski definition) is 1. The van der Waals surface area contributed by atoms with Gasteiger partial charge in [-0.15, -0.1) is 0 Å². The number of aromatic nitrogens is 3. The van der Waals surface area contributed by atoms with Crippen molar-refractivity contribution in [2.75, 3.05) is 5.32 Å². The van der Waals surface area contributed by atoms with Crippen LogP contribution in [0.2, 0.25) is 0 Å². The molecule has 0 unspecified atom stereocenters. The van der Waals surface area contributed by atoms with E-state index in [4.69, 9.17) is 0 Å². The first kappa shape index (κ1) is 22.3. The minimum atomic E-state index is -1.38. The first-order chi connectivity index (χ1) is 14.6. The van der Waals surface area contributed by atoms with Gasteiger partial charge in [0.15, 0.2) is 5.82 Å². The van der Waals surface area contributed by atoms with Crippen molar-refractivity contribution in [2.45, 2.75) is 0 Å². The summed E-state index contributed by atoms with van der Waals surface area (Å²) in [7, 11) is 0. The summed E-state index contributed by atoms with van der Waals surface area (Å²) in [5.41, 5.74) is 2.50. The molecule has 0 aliphatic heterocycles. The molecule has 0 fully saturated rings. The Morgan fingerprint density at radius 2 is 1.55 bits per heavy atom. The molecular weight excluding hydrogens is 403 g/mol. The van der Waals surface area contributed by atoms with Gasteiger partial charge in [-0.25, -0.2) is 9.97 Å². The molecule has 8 heteroatoms. The summed E-state index contributed by atoms with van der Waals surface area (Å²) in [4.78, 5) is 36.7. The van der Waals surface area contributed by atoms with Gasteiger partial charge in [0.05, 0.1) is 17.2 Å². The smallest absolute Gasteiger partial charge is 0.545 e. The Labute approximate surface area is 200 Å². The van der Waals surface area contributed by atoms with Crippen LogP contribution in [-0.4, -0.2) is 26.8 Å². The third-order valence-electron chi connectivity index (χ3n) is 4.42. The van der Waals surface area contributed by atoms with Crippen molar-refractivity contribution in [1.29, 1.82) is 0 Å². The third kappa shape index (κ3) is 5.21. The van der Waals surface area contributed by atoms with Gasteiger partial charge < -0.3 is 15.2 Å². The van der Waals surface area contributed by atoms with Gasteiger partial charge in [0.1, 0.15) is 0 Å². The number of hydrogen-bond acceptors (Lipinski definition) is 6. The van der Waals surface area contributed by atoms with Crippen molar-refractivity contribution >= 4 is 17.6 Å². The molecule has 31 heavy (non-hydrogen) atoms. The second-order valence-corrected chi connectivity index (χ2v) is 6.40. The van der Waals surface area contributed by atoms with Gasteiger partial charge >= 0.3 is 29.6 Å². The zero-order valence-electron chi connectivity index (χ0n) is 16.6. The van der Waals surface area contributed by atoms with Crippen LogP contribution >= 0.6 is 0 Å². The Morgan fingerprint density at radius 1 is 0.806 bits per heavy atom. The monoisotopic (exact) mass is 418 g/mol. The molecule has 146 valence electrons. The number of benzene rings is 2. The van der Waals surface area contributed by atoms with Crippen LogP contribution in [0.4, 0.5) is 5.69 Å².